The number of allylic oxidation sites excluding steroid dienone is 1. The Morgan fingerprint density at radius 3 is 2.52 bits per heavy atom. The number of carbonyl (C=O) groups is 2. The van der Waals surface area contributed by atoms with E-state index in [0.717, 1.165) is 41.4 Å². The zero-order chi connectivity index (χ0) is 32.2. The predicted molar refractivity (Wildman–Crippen MR) is 178 cm³/mol. The minimum Gasteiger partial charge on any atom is -0.493 e. The van der Waals surface area contributed by atoms with Gasteiger partial charge in [-0.1, -0.05) is 30.3 Å². The fourth-order valence-corrected chi connectivity index (χ4v) is 6.10. The number of carbonyl (C=O) groups excluding carboxylic acids is 2. The zero-order valence-corrected chi connectivity index (χ0v) is 26.5. The van der Waals surface area contributed by atoms with Crippen molar-refractivity contribution >= 4 is 40.6 Å². The van der Waals surface area contributed by atoms with Gasteiger partial charge < -0.3 is 23.8 Å². The first-order valence-electron chi connectivity index (χ1n) is 15.5. The van der Waals surface area contributed by atoms with Crippen LogP contribution in [-0.4, -0.2) is 67.8 Å². The van der Waals surface area contributed by atoms with E-state index in [2.05, 4.69) is 9.98 Å². The summed E-state index contributed by atoms with van der Waals surface area (Å²) in [6.45, 7) is 5.32. The lowest BCUT2D eigenvalue weighted by atomic mass is 9.98. The third-order valence-electron chi connectivity index (χ3n) is 8.46. The molecule has 3 aromatic carbocycles. The second-order valence-electron chi connectivity index (χ2n) is 11.4. The van der Waals surface area contributed by atoms with Crippen molar-refractivity contribution in [1.29, 1.82) is 0 Å². The minimum atomic E-state index is -0.0996. The maximum atomic E-state index is 13.2. The highest BCUT2D eigenvalue weighted by Crippen LogP contribution is 2.38. The Labute approximate surface area is 268 Å². The van der Waals surface area contributed by atoms with Crippen LogP contribution in [0.4, 0.5) is 5.69 Å². The molecule has 236 valence electrons. The zero-order valence-electron chi connectivity index (χ0n) is 26.5. The first-order valence-corrected chi connectivity index (χ1v) is 15.5. The van der Waals surface area contributed by atoms with Crippen LogP contribution in [0.5, 0.6) is 23.0 Å². The normalized spacial score (nSPS) is 15.5. The smallest absolute Gasteiger partial charge is 0.256 e. The molecule has 0 aliphatic carbocycles. The van der Waals surface area contributed by atoms with Crippen LogP contribution in [0.2, 0.25) is 0 Å². The molecule has 0 radical (unpaired) electrons. The van der Waals surface area contributed by atoms with Crippen LogP contribution in [0.1, 0.15) is 56.8 Å². The number of hydrogen-bond acceptors (Lipinski definition) is 8. The number of methoxy groups -OCH3 is 2. The Hall–Kier alpha value is -5.18. The van der Waals surface area contributed by atoms with Crippen LogP contribution in [0.3, 0.4) is 0 Å². The number of amides is 1. The van der Waals surface area contributed by atoms with Crippen molar-refractivity contribution < 1.29 is 28.5 Å². The molecule has 2 aliphatic heterocycles. The molecule has 3 heterocycles. The fourth-order valence-electron chi connectivity index (χ4n) is 6.10. The Balaban J connectivity index is 1.06. The van der Waals surface area contributed by atoms with Gasteiger partial charge in [0.15, 0.2) is 28.8 Å². The summed E-state index contributed by atoms with van der Waals surface area (Å²) in [5.74, 6) is 2.05. The maximum absolute atomic E-state index is 13.2. The second kappa shape index (κ2) is 13.4. The van der Waals surface area contributed by atoms with Crippen LogP contribution < -0.4 is 18.9 Å². The topological polar surface area (TPSA) is 99.6 Å². The SMILES string of the molecule is COc1cc(/C=C/C(=O)c2c(C)nc3ccccc3c2C)ccc1OCCCOc1cc2c(cc1OC)C(=O)N1CCC[C@H]1C=N2. The average molecular weight is 620 g/mol. The van der Waals surface area contributed by atoms with E-state index in [9.17, 15) is 9.59 Å². The quantitative estimate of drug-likeness (QED) is 0.102. The van der Waals surface area contributed by atoms with E-state index in [4.69, 9.17) is 18.9 Å². The first-order chi connectivity index (χ1) is 22.4. The molecule has 0 unspecified atom stereocenters. The number of hydrogen-bond donors (Lipinski definition) is 0. The number of aromatic nitrogens is 1. The molecular weight excluding hydrogens is 582 g/mol. The molecule has 0 spiro atoms. The Bertz CT molecular complexity index is 1860. The molecule has 0 saturated carbocycles. The molecule has 1 amide bonds. The number of ether oxygens (including phenoxy) is 4. The van der Waals surface area contributed by atoms with Crippen LogP contribution in [0.15, 0.2) is 65.7 Å². The summed E-state index contributed by atoms with van der Waals surface area (Å²) in [5.41, 5.74) is 5.06. The van der Waals surface area contributed by atoms with Gasteiger partial charge in [0.25, 0.3) is 5.91 Å². The lowest BCUT2D eigenvalue weighted by Gasteiger charge is -2.20. The number of benzene rings is 3. The van der Waals surface area contributed by atoms with Gasteiger partial charge in [-0.15, -0.1) is 0 Å². The molecule has 9 nitrogen and oxygen atoms in total. The van der Waals surface area contributed by atoms with Gasteiger partial charge >= 0.3 is 0 Å². The molecule has 46 heavy (non-hydrogen) atoms. The summed E-state index contributed by atoms with van der Waals surface area (Å²) in [6, 6.07) is 16.9. The predicted octanol–water partition coefficient (Wildman–Crippen LogP) is 6.93. The molecule has 1 saturated heterocycles. The molecule has 0 bridgehead atoms. The number of rotatable bonds is 11. The molecule has 0 N–H and O–H groups in total. The van der Waals surface area contributed by atoms with Gasteiger partial charge in [0.1, 0.15) is 0 Å². The second-order valence-corrected chi connectivity index (χ2v) is 11.4. The van der Waals surface area contributed by atoms with Gasteiger partial charge in [0.2, 0.25) is 0 Å². The van der Waals surface area contributed by atoms with Gasteiger partial charge in [-0.05, 0) is 68.2 Å². The standard InChI is InChI=1S/C37H37N3O6/c1-23-27-10-5-6-11-29(27)39-24(2)36(23)31(41)14-12-25-13-15-32(33(19-25)43-3)45-17-8-18-46-35-21-30-28(20-34(35)44-4)37(42)40-16-7-9-26(40)22-38-30/h5-6,10-15,19-22,26H,7-9,16-18H2,1-4H3/b14-12+/t26-/m0/s1. The summed E-state index contributed by atoms with van der Waals surface area (Å²) in [6.07, 6.45) is 7.70. The number of para-hydroxylation sites is 1. The van der Waals surface area contributed by atoms with Crippen molar-refractivity contribution in [2.24, 2.45) is 4.99 Å². The van der Waals surface area contributed by atoms with Crippen molar-refractivity contribution in [3.05, 3.63) is 88.6 Å². The van der Waals surface area contributed by atoms with Gasteiger partial charge in [-0.25, -0.2) is 0 Å². The molecule has 4 aromatic rings. The summed E-state index contributed by atoms with van der Waals surface area (Å²) in [4.78, 5) is 37.4. The summed E-state index contributed by atoms with van der Waals surface area (Å²) in [7, 11) is 3.14. The largest absolute Gasteiger partial charge is 0.493 e. The number of fused-ring (bicyclic) bond motifs is 3. The van der Waals surface area contributed by atoms with Crippen LogP contribution in [0, 0.1) is 13.8 Å². The Morgan fingerprint density at radius 2 is 1.72 bits per heavy atom. The van der Waals surface area contributed by atoms with Crippen LogP contribution in [-0.2, 0) is 0 Å². The van der Waals surface area contributed by atoms with E-state index in [1.165, 1.54) is 0 Å². The number of ketones is 1. The van der Waals surface area contributed by atoms with E-state index in [-0.39, 0.29) is 17.7 Å². The van der Waals surface area contributed by atoms with E-state index in [0.29, 0.717) is 65.1 Å². The lowest BCUT2D eigenvalue weighted by Crippen LogP contribution is -2.35. The van der Waals surface area contributed by atoms with Gasteiger partial charge in [0, 0.05) is 41.9 Å². The number of aryl methyl sites for hydroxylation is 2. The van der Waals surface area contributed by atoms with E-state index >= 15 is 0 Å². The minimum absolute atomic E-state index is 0.0253. The van der Waals surface area contributed by atoms with Crippen LogP contribution >= 0.6 is 0 Å². The molecule has 1 fully saturated rings. The molecule has 2 aliphatic rings. The third kappa shape index (κ3) is 6.18. The molecular formula is C37H37N3O6. The van der Waals surface area contributed by atoms with E-state index in [1.54, 1.807) is 38.5 Å². The molecule has 6 rings (SSSR count). The van der Waals surface area contributed by atoms with Gasteiger partial charge in [-0.2, -0.15) is 0 Å². The molecule has 1 atom stereocenters. The lowest BCUT2D eigenvalue weighted by molar-refractivity contribution is 0.0774. The van der Waals surface area contributed by atoms with E-state index in [1.807, 2.05) is 67.4 Å². The maximum Gasteiger partial charge on any atom is 0.256 e. The van der Waals surface area contributed by atoms with Crippen LogP contribution in [0.25, 0.3) is 17.0 Å². The van der Waals surface area contributed by atoms with E-state index < -0.39 is 0 Å². The van der Waals surface area contributed by atoms with Crippen molar-refractivity contribution in [2.75, 3.05) is 34.0 Å². The molecule has 9 heteroatoms. The number of pyridine rings is 1. The highest BCUT2D eigenvalue weighted by molar-refractivity contribution is 6.10. The van der Waals surface area contributed by atoms with Gasteiger partial charge in [0.05, 0.1) is 50.2 Å². The number of nitrogens with zero attached hydrogens (tertiary/aromatic N) is 3. The third-order valence-corrected chi connectivity index (χ3v) is 8.46. The highest BCUT2D eigenvalue weighted by Gasteiger charge is 2.32. The monoisotopic (exact) mass is 619 g/mol. The van der Waals surface area contributed by atoms with Crippen molar-refractivity contribution in [3.8, 4) is 23.0 Å². The van der Waals surface area contributed by atoms with Gasteiger partial charge in [-0.3, -0.25) is 19.6 Å². The summed E-state index contributed by atoms with van der Waals surface area (Å²) in [5, 5.41) is 0.974. The fraction of sp³-hybridized carbons (Fsp3) is 0.297. The van der Waals surface area contributed by atoms with Crippen molar-refractivity contribution in [2.45, 2.75) is 39.2 Å². The summed E-state index contributed by atoms with van der Waals surface area (Å²) < 4.78 is 23.1. The van der Waals surface area contributed by atoms with Crippen molar-refractivity contribution in [3.63, 3.8) is 0 Å². The average Bonchev–Trinajstić information content (AvgIpc) is 3.50. The molecule has 1 aromatic heterocycles. The summed E-state index contributed by atoms with van der Waals surface area (Å²) >= 11 is 0. The highest BCUT2D eigenvalue weighted by atomic mass is 16.5. The Kier molecular flexibility index (Phi) is 9.01. The number of aliphatic imine (C=N–C) groups is 1. The Morgan fingerprint density at radius 1 is 0.957 bits per heavy atom. The first kappa shape index (κ1) is 30.8. The van der Waals surface area contributed by atoms with Crippen molar-refractivity contribution in [1.82, 2.24) is 9.88 Å².